The van der Waals surface area contributed by atoms with Crippen molar-refractivity contribution in [3.8, 4) is 0 Å². The van der Waals surface area contributed by atoms with Gasteiger partial charge in [0.1, 0.15) is 10.8 Å². The highest BCUT2D eigenvalue weighted by molar-refractivity contribution is 7.99. The maximum absolute atomic E-state index is 14.6. The van der Waals surface area contributed by atoms with E-state index in [-0.39, 0.29) is 11.7 Å². The summed E-state index contributed by atoms with van der Waals surface area (Å²) in [5, 5.41) is 0.685. The van der Waals surface area contributed by atoms with Gasteiger partial charge in [-0.1, -0.05) is 23.9 Å². The monoisotopic (exact) mass is 463 g/mol. The Kier molecular flexibility index (Phi) is 6.79. The highest BCUT2D eigenvalue weighted by Crippen LogP contribution is 2.32. The SMILES string of the molecule is CC(=O)c1ccc(N2CCN(C(=O)c3cccnc3Sc3cc(C)ccc3C)CC2)c(F)c1. The van der Waals surface area contributed by atoms with E-state index >= 15 is 0 Å². The van der Waals surface area contributed by atoms with E-state index in [9.17, 15) is 14.0 Å². The summed E-state index contributed by atoms with van der Waals surface area (Å²) < 4.78 is 14.6. The predicted octanol–water partition coefficient (Wildman–Crippen LogP) is 5.15. The van der Waals surface area contributed by atoms with Gasteiger partial charge in [0.25, 0.3) is 5.91 Å². The molecule has 0 bridgehead atoms. The lowest BCUT2D eigenvalue weighted by Gasteiger charge is -2.36. The largest absolute Gasteiger partial charge is 0.366 e. The lowest BCUT2D eigenvalue weighted by atomic mass is 10.1. The molecule has 1 fully saturated rings. The first kappa shape index (κ1) is 23.0. The van der Waals surface area contributed by atoms with Gasteiger partial charge < -0.3 is 9.80 Å². The molecule has 4 rings (SSSR count). The van der Waals surface area contributed by atoms with Gasteiger partial charge in [-0.15, -0.1) is 0 Å². The first-order valence-electron chi connectivity index (χ1n) is 10.9. The maximum Gasteiger partial charge on any atom is 0.256 e. The van der Waals surface area contributed by atoms with E-state index in [1.54, 1.807) is 29.3 Å². The molecule has 1 aliphatic heterocycles. The number of ketones is 1. The number of hydrogen-bond donors (Lipinski definition) is 0. The fraction of sp³-hybridized carbons (Fsp3) is 0.269. The number of anilines is 1. The molecule has 170 valence electrons. The van der Waals surface area contributed by atoms with Crippen LogP contribution in [0.5, 0.6) is 0 Å². The number of rotatable bonds is 5. The van der Waals surface area contributed by atoms with Gasteiger partial charge in [0.05, 0.1) is 11.3 Å². The van der Waals surface area contributed by atoms with Crippen LogP contribution < -0.4 is 4.90 Å². The normalized spacial score (nSPS) is 13.8. The third-order valence-corrected chi connectivity index (χ3v) is 6.99. The molecule has 33 heavy (non-hydrogen) atoms. The zero-order valence-electron chi connectivity index (χ0n) is 19.0. The fourth-order valence-electron chi connectivity index (χ4n) is 3.86. The molecule has 1 aromatic heterocycles. The van der Waals surface area contributed by atoms with Gasteiger partial charge in [-0.05, 0) is 68.3 Å². The van der Waals surface area contributed by atoms with Crippen LogP contribution in [0.25, 0.3) is 0 Å². The smallest absolute Gasteiger partial charge is 0.256 e. The van der Waals surface area contributed by atoms with Crippen LogP contribution in [0.4, 0.5) is 10.1 Å². The van der Waals surface area contributed by atoms with Crippen molar-refractivity contribution in [1.82, 2.24) is 9.88 Å². The molecule has 2 aromatic carbocycles. The standard InChI is InChI=1S/C26H26FN3O2S/c1-17-6-7-18(2)24(15-17)33-25-21(5-4-10-28-25)26(32)30-13-11-29(12-14-30)23-9-8-20(19(3)31)16-22(23)27/h4-10,15-16H,11-14H2,1-3H3. The van der Waals surface area contributed by atoms with Crippen molar-refractivity contribution in [1.29, 1.82) is 0 Å². The average molecular weight is 464 g/mol. The number of benzene rings is 2. The zero-order chi connectivity index (χ0) is 23.5. The van der Waals surface area contributed by atoms with Gasteiger partial charge in [0, 0.05) is 42.8 Å². The molecule has 0 atom stereocenters. The van der Waals surface area contributed by atoms with Gasteiger partial charge in [-0.25, -0.2) is 9.37 Å². The Labute approximate surface area is 197 Å². The van der Waals surface area contributed by atoms with Crippen LogP contribution in [0.15, 0.2) is 64.6 Å². The van der Waals surface area contributed by atoms with Gasteiger partial charge >= 0.3 is 0 Å². The summed E-state index contributed by atoms with van der Waals surface area (Å²) in [6.45, 7) is 7.51. The number of pyridine rings is 1. The molecule has 0 spiro atoms. The minimum Gasteiger partial charge on any atom is -0.366 e. The van der Waals surface area contributed by atoms with E-state index in [4.69, 9.17) is 0 Å². The van der Waals surface area contributed by atoms with Gasteiger partial charge in [0.15, 0.2) is 5.78 Å². The second kappa shape index (κ2) is 9.75. The summed E-state index contributed by atoms with van der Waals surface area (Å²) in [4.78, 5) is 34.1. The predicted molar refractivity (Wildman–Crippen MR) is 129 cm³/mol. The number of aryl methyl sites for hydroxylation is 2. The number of aromatic nitrogens is 1. The Morgan fingerprint density at radius 1 is 1.00 bits per heavy atom. The number of piperazine rings is 1. The molecule has 0 N–H and O–H groups in total. The summed E-state index contributed by atoms with van der Waals surface area (Å²) in [6, 6.07) is 14.4. The number of halogens is 1. The Bertz CT molecular complexity index is 1210. The van der Waals surface area contributed by atoms with Crippen LogP contribution >= 0.6 is 11.8 Å². The quantitative estimate of drug-likeness (QED) is 0.490. The number of amides is 1. The van der Waals surface area contributed by atoms with Crippen molar-refractivity contribution in [2.75, 3.05) is 31.1 Å². The van der Waals surface area contributed by atoms with Crippen LogP contribution in [0, 0.1) is 19.7 Å². The Morgan fingerprint density at radius 2 is 1.76 bits per heavy atom. The minimum absolute atomic E-state index is 0.0667. The molecule has 0 aliphatic carbocycles. The lowest BCUT2D eigenvalue weighted by molar-refractivity contribution is 0.0742. The highest BCUT2D eigenvalue weighted by Gasteiger charge is 2.26. The van der Waals surface area contributed by atoms with Gasteiger partial charge in [-0.3, -0.25) is 9.59 Å². The van der Waals surface area contributed by atoms with Crippen molar-refractivity contribution < 1.29 is 14.0 Å². The van der Waals surface area contributed by atoms with Crippen LogP contribution in [-0.2, 0) is 0 Å². The van der Waals surface area contributed by atoms with Gasteiger partial charge in [-0.2, -0.15) is 0 Å². The molecule has 1 saturated heterocycles. The Morgan fingerprint density at radius 3 is 2.45 bits per heavy atom. The number of nitrogens with zero attached hydrogens (tertiary/aromatic N) is 3. The van der Waals surface area contributed by atoms with Crippen molar-refractivity contribution >= 4 is 29.1 Å². The van der Waals surface area contributed by atoms with E-state index in [0.29, 0.717) is 48.0 Å². The van der Waals surface area contributed by atoms with E-state index in [2.05, 4.69) is 23.2 Å². The molecule has 1 amide bonds. The zero-order valence-corrected chi connectivity index (χ0v) is 19.8. The number of hydrogen-bond acceptors (Lipinski definition) is 5. The fourth-order valence-corrected chi connectivity index (χ4v) is 4.92. The van der Waals surface area contributed by atoms with E-state index < -0.39 is 5.82 Å². The first-order chi connectivity index (χ1) is 15.8. The third-order valence-electron chi connectivity index (χ3n) is 5.81. The highest BCUT2D eigenvalue weighted by atomic mass is 32.2. The second-order valence-electron chi connectivity index (χ2n) is 8.23. The Hall–Kier alpha value is -3.19. The molecule has 0 radical (unpaired) electrons. The molecule has 3 aromatic rings. The number of Topliss-reactive ketones (excluding diaryl/α,β-unsaturated/α-hetero) is 1. The summed E-state index contributed by atoms with van der Waals surface area (Å²) in [5.74, 6) is -0.647. The van der Waals surface area contributed by atoms with Crippen molar-refractivity contribution in [2.24, 2.45) is 0 Å². The van der Waals surface area contributed by atoms with E-state index in [1.165, 1.54) is 24.8 Å². The average Bonchev–Trinajstić information content (AvgIpc) is 2.81. The minimum atomic E-state index is -0.415. The van der Waals surface area contributed by atoms with Crippen molar-refractivity contribution in [3.05, 3.63) is 82.8 Å². The molecule has 1 aliphatic rings. The van der Waals surface area contributed by atoms with Crippen LogP contribution in [0.3, 0.4) is 0 Å². The van der Waals surface area contributed by atoms with Crippen molar-refractivity contribution in [2.45, 2.75) is 30.7 Å². The molecule has 5 nitrogen and oxygen atoms in total. The third kappa shape index (κ3) is 5.09. The van der Waals surface area contributed by atoms with Crippen LogP contribution in [-0.4, -0.2) is 47.8 Å². The van der Waals surface area contributed by atoms with Crippen LogP contribution in [0.2, 0.25) is 0 Å². The van der Waals surface area contributed by atoms with E-state index in [0.717, 1.165) is 16.0 Å². The molecular weight excluding hydrogens is 437 g/mol. The van der Waals surface area contributed by atoms with Gasteiger partial charge in [0.2, 0.25) is 0 Å². The summed E-state index contributed by atoms with van der Waals surface area (Å²) >= 11 is 1.50. The Balaban J connectivity index is 1.47. The second-order valence-corrected chi connectivity index (χ2v) is 9.26. The summed E-state index contributed by atoms with van der Waals surface area (Å²) in [6.07, 6.45) is 1.70. The topological polar surface area (TPSA) is 53.5 Å². The molecule has 7 heteroatoms. The maximum atomic E-state index is 14.6. The molecule has 2 heterocycles. The molecular formula is C26H26FN3O2S. The number of carbonyl (C=O) groups excluding carboxylic acids is 2. The van der Waals surface area contributed by atoms with Crippen molar-refractivity contribution in [3.63, 3.8) is 0 Å². The molecule has 0 saturated carbocycles. The number of carbonyl (C=O) groups is 2. The van der Waals surface area contributed by atoms with Crippen LogP contribution in [0.1, 0.15) is 38.8 Å². The summed E-state index contributed by atoms with van der Waals surface area (Å²) in [7, 11) is 0. The van der Waals surface area contributed by atoms with E-state index in [1.807, 2.05) is 24.8 Å². The molecule has 0 unspecified atom stereocenters. The first-order valence-corrected chi connectivity index (χ1v) is 11.7. The lowest BCUT2D eigenvalue weighted by Crippen LogP contribution is -2.49. The summed E-state index contributed by atoms with van der Waals surface area (Å²) in [5.41, 5.74) is 3.69.